The van der Waals surface area contributed by atoms with Crippen LogP contribution < -0.4 is 15.5 Å². The summed E-state index contributed by atoms with van der Waals surface area (Å²) in [5, 5.41) is 5.55. The Morgan fingerprint density at radius 3 is 2.70 bits per heavy atom. The van der Waals surface area contributed by atoms with Crippen molar-refractivity contribution >= 4 is 11.7 Å². The number of ether oxygens (including phenoxy) is 1. The Bertz CT molecular complexity index is 519. The summed E-state index contributed by atoms with van der Waals surface area (Å²) in [6.45, 7) is 5.00. The Labute approximate surface area is 136 Å². The van der Waals surface area contributed by atoms with E-state index in [0.29, 0.717) is 18.8 Å². The summed E-state index contributed by atoms with van der Waals surface area (Å²) in [5.41, 5.74) is 1.26. The number of anilines is 1. The largest absolute Gasteiger partial charge is 0.379 e. The molecular formula is C16H25FN4O2. The molecule has 1 saturated heterocycles. The highest BCUT2D eigenvalue weighted by Crippen LogP contribution is 2.18. The molecule has 2 amide bonds. The molecule has 0 saturated carbocycles. The van der Waals surface area contributed by atoms with E-state index >= 15 is 0 Å². The van der Waals surface area contributed by atoms with E-state index in [-0.39, 0.29) is 11.8 Å². The van der Waals surface area contributed by atoms with Crippen LogP contribution in [-0.4, -0.2) is 64.4 Å². The molecular weight excluding hydrogens is 299 g/mol. The van der Waals surface area contributed by atoms with E-state index in [0.717, 1.165) is 38.4 Å². The molecule has 2 N–H and O–H groups in total. The number of nitrogens with one attached hydrogen (secondary N) is 2. The van der Waals surface area contributed by atoms with Crippen molar-refractivity contribution < 1.29 is 13.9 Å². The van der Waals surface area contributed by atoms with Crippen molar-refractivity contribution in [3.05, 3.63) is 29.6 Å². The summed E-state index contributed by atoms with van der Waals surface area (Å²) in [6.07, 6.45) is 0. The van der Waals surface area contributed by atoms with Crippen LogP contribution in [0.2, 0.25) is 0 Å². The Kier molecular flexibility index (Phi) is 6.61. The van der Waals surface area contributed by atoms with Gasteiger partial charge in [0.15, 0.2) is 0 Å². The molecule has 0 bridgehead atoms. The second-order valence-corrected chi connectivity index (χ2v) is 5.74. The second kappa shape index (κ2) is 8.69. The maximum atomic E-state index is 13.8. The van der Waals surface area contributed by atoms with E-state index in [4.69, 9.17) is 4.74 Å². The van der Waals surface area contributed by atoms with Gasteiger partial charge in [0.05, 0.1) is 18.9 Å². The SMILES string of the molecule is CN(C)c1ccc(CNC(=O)NCCN2CCOCC2)cc1F. The van der Waals surface area contributed by atoms with Crippen LogP contribution in [-0.2, 0) is 11.3 Å². The molecule has 23 heavy (non-hydrogen) atoms. The van der Waals surface area contributed by atoms with E-state index in [9.17, 15) is 9.18 Å². The fraction of sp³-hybridized carbons (Fsp3) is 0.562. The molecule has 0 aromatic heterocycles. The van der Waals surface area contributed by atoms with Gasteiger partial charge in [-0.25, -0.2) is 9.18 Å². The van der Waals surface area contributed by atoms with Gasteiger partial charge in [0, 0.05) is 46.8 Å². The minimum Gasteiger partial charge on any atom is -0.379 e. The highest BCUT2D eigenvalue weighted by atomic mass is 19.1. The molecule has 0 unspecified atom stereocenters. The summed E-state index contributed by atoms with van der Waals surface area (Å²) in [6, 6.07) is 4.73. The van der Waals surface area contributed by atoms with E-state index in [2.05, 4.69) is 15.5 Å². The van der Waals surface area contributed by atoms with Gasteiger partial charge >= 0.3 is 6.03 Å². The van der Waals surface area contributed by atoms with Gasteiger partial charge in [0.25, 0.3) is 0 Å². The number of hydrogen-bond donors (Lipinski definition) is 2. The second-order valence-electron chi connectivity index (χ2n) is 5.74. The average molecular weight is 324 g/mol. The number of halogens is 1. The zero-order chi connectivity index (χ0) is 16.7. The van der Waals surface area contributed by atoms with E-state index in [1.165, 1.54) is 6.07 Å². The number of carbonyl (C=O) groups is 1. The van der Waals surface area contributed by atoms with Gasteiger partial charge in [-0.3, -0.25) is 4.90 Å². The fourth-order valence-corrected chi connectivity index (χ4v) is 2.42. The van der Waals surface area contributed by atoms with Crippen molar-refractivity contribution in [2.45, 2.75) is 6.54 Å². The van der Waals surface area contributed by atoms with Gasteiger partial charge in [-0.05, 0) is 17.7 Å². The monoisotopic (exact) mass is 324 g/mol. The smallest absolute Gasteiger partial charge is 0.315 e. The molecule has 1 aliphatic rings. The van der Waals surface area contributed by atoms with Crippen molar-refractivity contribution in [1.82, 2.24) is 15.5 Å². The van der Waals surface area contributed by atoms with Crippen molar-refractivity contribution in [2.75, 3.05) is 58.4 Å². The lowest BCUT2D eigenvalue weighted by molar-refractivity contribution is 0.0387. The first-order chi connectivity index (χ1) is 11.1. The van der Waals surface area contributed by atoms with Crippen LogP contribution in [0, 0.1) is 5.82 Å². The number of urea groups is 1. The Morgan fingerprint density at radius 1 is 1.30 bits per heavy atom. The van der Waals surface area contributed by atoms with Crippen LogP contribution in [0.4, 0.5) is 14.9 Å². The topological polar surface area (TPSA) is 56.8 Å². The van der Waals surface area contributed by atoms with Crippen molar-refractivity contribution in [3.8, 4) is 0 Å². The van der Waals surface area contributed by atoms with Gasteiger partial charge in [-0.1, -0.05) is 6.07 Å². The van der Waals surface area contributed by atoms with Gasteiger partial charge < -0.3 is 20.3 Å². The molecule has 128 valence electrons. The highest BCUT2D eigenvalue weighted by molar-refractivity contribution is 5.73. The maximum Gasteiger partial charge on any atom is 0.315 e. The Morgan fingerprint density at radius 2 is 2.04 bits per heavy atom. The fourth-order valence-electron chi connectivity index (χ4n) is 2.42. The predicted molar refractivity (Wildman–Crippen MR) is 88.2 cm³/mol. The predicted octanol–water partition coefficient (Wildman–Crippen LogP) is 1.02. The third kappa shape index (κ3) is 5.69. The molecule has 0 radical (unpaired) electrons. The van der Waals surface area contributed by atoms with Crippen LogP contribution in [0.1, 0.15) is 5.56 Å². The zero-order valence-corrected chi connectivity index (χ0v) is 13.8. The number of carbonyl (C=O) groups excluding carboxylic acids is 1. The minimum absolute atomic E-state index is 0.240. The van der Waals surface area contributed by atoms with Gasteiger partial charge in [0.2, 0.25) is 0 Å². The maximum absolute atomic E-state index is 13.8. The van der Waals surface area contributed by atoms with E-state index in [1.54, 1.807) is 25.1 Å². The summed E-state index contributed by atoms with van der Waals surface area (Å²) in [4.78, 5) is 15.7. The molecule has 0 aliphatic carbocycles. The molecule has 1 aliphatic heterocycles. The third-order valence-corrected chi connectivity index (χ3v) is 3.76. The molecule has 7 heteroatoms. The van der Waals surface area contributed by atoms with Crippen LogP contribution in [0.25, 0.3) is 0 Å². The molecule has 0 atom stereocenters. The highest BCUT2D eigenvalue weighted by Gasteiger charge is 2.10. The summed E-state index contributed by atoms with van der Waals surface area (Å²) < 4.78 is 19.1. The average Bonchev–Trinajstić information content (AvgIpc) is 2.53. The number of nitrogens with zero attached hydrogens (tertiary/aromatic N) is 2. The molecule has 1 heterocycles. The Balaban J connectivity index is 1.68. The minimum atomic E-state index is -0.290. The molecule has 0 spiro atoms. The van der Waals surface area contributed by atoms with Crippen molar-refractivity contribution in [3.63, 3.8) is 0 Å². The normalized spacial score (nSPS) is 15.3. The van der Waals surface area contributed by atoms with Crippen LogP contribution in [0.15, 0.2) is 18.2 Å². The number of benzene rings is 1. The van der Waals surface area contributed by atoms with Gasteiger partial charge in [0.1, 0.15) is 5.82 Å². The summed E-state index contributed by atoms with van der Waals surface area (Å²) >= 11 is 0. The van der Waals surface area contributed by atoms with Crippen LogP contribution in [0.3, 0.4) is 0 Å². The molecule has 6 nitrogen and oxygen atoms in total. The lowest BCUT2D eigenvalue weighted by Gasteiger charge is -2.26. The standard InChI is InChI=1S/C16H25FN4O2/c1-20(2)15-4-3-13(11-14(15)17)12-19-16(22)18-5-6-21-7-9-23-10-8-21/h3-4,11H,5-10,12H2,1-2H3,(H2,18,19,22). The zero-order valence-electron chi connectivity index (χ0n) is 13.8. The number of rotatable bonds is 6. The lowest BCUT2D eigenvalue weighted by atomic mass is 10.2. The Hall–Kier alpha value is -1.86. The van der Waals surface area contributed by atoms with Crippen LogP contribution in [0.5, 0.6) is 0 Å². The lowest BCUT2D eigenvalue weighted by Crippen LogP contribution is -2.43. The first kappa shape index (κ1) is 17.5. The van der Waals surface area contributed by atoms with Crippen molar-refractivity contribution in [2.24, 2.45) is 0 Å². The molecule has 1 fully saturated rings. The molecule has 1 aromatic rings. The van der Waals surface area contributed by atoms with Gasteiger partial charge in [-0.15, -0.1) is 0 Å². The number of morpholine rings is 1. The number of hydrogen-bond acceptors (Lipinski definition) is 4. The summed E-state index contributed by atoms with van der Waals surface area (Å²) in [5.74, 6) is -0.290. The first-order valence-electron chi connectivity index (χ1n) is 7.84. The molecule has 2 rings (SSSR count). The summed E-state index contributed by atoms with van der Waals surface area (Å²) in [7, 11) is 3.58. The number of amides is 2. The van der Waals surface area contributed by atoms with Crippen molar-refractivity contribution in [1.29, 1.82) is 0 Å². The third-order valence-electron chi connectivity index (χ3n) is 3.76. The van der Waals surface area contributed by atoms with E-state index < -0.39 is 0 Å². The van der Waals surface area contributed by atoms with Gasteiger partial charge in [-0.2, -0.15) is 0 Å². The molecule has 1 aromatic carbocycles. The first-order valence-corrected chi connectivity index (χ1v) is 7.84. The van der Waals surface area contributed by atoms with E-state index in [1.807, 2.05) is 6.07 Å². The van der Waals surface area contributed by atoms with Crippen LogP contribution >= 0.6 is 0 Å². The quantitative estimate of drug-likeness (QED) is 0.820.